The van der Waals surface area contributed by atoms with Crippen molar-refractivity contribution in [2.24, 2.45) is 0 Å². The van der Waals surface area contributed by atoms with E-state index in [-0.39, 0.29) is 11.5 Å². The van der Waals surface area contributed by atoms with Crippen LogP contribution in [0.15, 0.2) is 36.7 Å². The molecule has 2 N–H and O–H groups in total. The molecule has 0 saturated carbocycles. The van der Waals surface area contributed by atoms with Crippen LogP contribution in [0.25, 0.3) is 0 Å². The van der Waals surface area contributed by atoms with Gasteiger partial charge in [0.25, 0.3) is 0 Å². The predicted octanol–water partition coefficient (Wildman–Crippen LogP) is 1.92. The molecule has 2 rings (SSSR count). The molecule has 104 valence electrons. The number of carbonyl (C=O) groups is 2. The smallest absolute Gasteiger partial charge is 0.335 e. The van der Waals surface area contributed by atoms with E-state index in [1.54, 1.807) is 23.0 Å². The Hall–Kier alpha value is -2.63. The molecule has 20 heavy (non-hydrogen) atoms. The van der Waals surface area contributed by atoms with Gasteiger partial charge in [0.05, 0.1) is 11.8 Å². The van der Waals surface area contributed by atoms with Crippen molar-refractivity contribution in [2.45, 2.75) is 19.9 Å². The van der Waals surface area contributed by atoms with Gasteiger partial charge < -0.3 is 10.4 Å². The summed E-state index contributed by atoms with van der Waals surface area (Å²) in [6.07, 6.45) is 3.92. The number of amides is 1. The average molecular weight is 273 g/mol. The molecule has 0 fully saturated rings. The van der Waals surface area contributed by atoms with Crippen LogP contribution < -0.4 is 5.32 Å². The lowest BCUT2D eigenvalue weighted by molar-refractivity contribution is -0.116. The van der Waals surface area contributed by atoms with E-state index in [9.17, 15) is 9.59 Å². The molecular formula is C14H15N3O3. The van der Waals surface area contributed by atoms with Crippen molar-refractivity contribution in [3.05, 3.63) is 47.8 Å². The third-order valence-electron chi connectivity index (χ3n) is 2.75. The number of rotatable bonds is 5. The van der Waals surface area contributed by atoms with Crippen LogP contribution in [0.4, 0.5) is 5.69 Å². The highest BCUT2D eigenvalue weighted by atomic mass is 16.4. The highest BCUT2D eigenvalue weighted by Crippen LogP contribution is 2.10. The van der Waals surface area contributed by atoms with Gasteiger partial charge >= 0.3 is 5.97 Å². The Bertz CT molecular complexity index is 617. The topological polar surface area (TPSA) is 84.2 Å². The zero-order chi connectivity index (χ0) is 14.5. The molecule has 2 aromatic rings. The Morgan fingerprint density at radius 3 is 2.55 bits per heavy atom. The number of carboxylic acids is 1. The maximum atomic E-state index is 11.7. The van der Waals surface area contributed by atoms with Crippen LogP contribution in [0.5, 0.6) is 0 Å². The van der Waals surface area contributed by atoms with Gasteiger partial charge in [-0.2, -0.15) is 5.10 Å². The van der Waals surface area contributed by atoms with E-state index < -0.39 is 5.97 Å². The zero-order valence-electron chi connectivity index (χ0n) is 11.0. The number of aromatic nitrogens is 2. The Labute approximate surface area is 116 Å². The fourth-order valence-corrected chi connectivity index (χ4v) is 1.72. The summed E-state index contributed by atoms with van der Waals surface area (Å²) >= 11 is 0. The summed E-state index contributed by atoms with van der Waals surface area (Å²) in [5.41, 5.74) is 1.82. The standard InChI is InChI=1S/C14H15N3O3/c1-10-8-15-17(9-10)7-6-13(18)16-12-4-2-11(3-5-12)14(19)20/h2-5,8-9H,6-7H2,1H3,(H,16,18)(H,19,20). The number of nitrogens with one attached hydrogen (secondary N) is 1. The summed E-state index contributed by atoms with van der Waals surface area (Å²) in [4.78, 5) is 22.4. The maximum absolute atomic E-state index is 11.7. The third kappa shape index (κ3) is 3.68. The number of carbonyl (C=O) groups excluding carboxylic acids is 1. The molecule has 0 atom stereocenters. The van der Waals surface area contributed by atoms with E-state index in [1.807, 2.05) is 13.1 Å². The maximum Gasteiger partial charge on any atom is 0.335 e. The number of aryl methyl sites for hydroxylation is 2. The Balaban J connectivity index is 1.86. The van der Waals surface area contributed by atoms with Gasteiger partial charge in [0, 0.05) is 24.8 Å². The SMILES string of the molecule is Cc1cnn(CCC(=O)Nc2ccc(C(=O)O)cc2)c1. The molecule has 1 heterocycles. The fourth-order valence-electron chi connectivity index (χ4n) is 1.72. The summed E-state index contributed by atoms with van der Waals surface area (Å²) in [6, 6.07) is 6.04. The summed E-state index contributed by atoms with van der Waals surface area (Å²) < 4.78 is 1.71. The monoisotopic (exact) mass is 273 g/mol. The second-order valence-electron chi connectivity index (χ2n) is 4.46. The Morgan fingerprint density at radius 2 is 2.00 bits per heavy atom. The molecule has 0 aliphatic heterocycles. The molecular weight excluding hydrogens is 258 g/mol. The van der Waals surface area contributed by atoms with Gasteiger partial charge in [0.2, 0.25) is 5.91 Å². The number of anilines is 1. The van der Waals surface area contributed by atoms with Crippen molar-refractivity contribution < 1.29 is 14.7 Å². The minimum Gasteiger partial charge on any atom is -0.478 e. The summed E-state index contributed by atoms with van der Waals surface area (Å²) in [7, 11) is 0. The number of hydrogen-bond donors (Lipinski definition) is 2. The first kappa shape index (κ1) is 13.8. The van der Waals surface area contributed by atoms with Crippen LogP contribution in [-0.2, 0) is 11.3 Å². The van der Waals surface area contributed by atoms with Gasteiger partial charge in [0.15, 0.2) is 0 Å². The molecule has 6 heteroatoms. The number of aromatic carboxylic acids is 1. The van der Waals surface area contributed by atoms with Crippen molar-refractivity contribution in [1.29, 1.82) is 0 Å². The number of hydrogen-bond acceptors (Lipinski definition) is 3. The molecule has 6 nitrogen and oxygen atoms in total. The normalized spacial score (nSPS) is 10.2. The summed E-state index contributed by atoms with van der Waals surface area (Å²) in [5.74, 6) is -1.13. The molecule has 0 spiro atoms. The molecule has 1 amide bonds. The first-order valence-electron chi connectivity index (χ1n) is 6.17. The van der Waals surface area contributed by atoms with E-state index in [0.717, 1.165) is 5.56 Å². The second-order valence-corrected chi connectivity index (χ2v) is 4.46. The van der Waals surface area contributed by atoms with Crippen LogP contribution in [0.2, 0.25) is 0 Å². The molecule has 1 aromatic heterocycles. The fraction of sp³-hybridized carbons (Fsp3) is 0.214. The van der Waals surface area contributed by atoms with E-state index in [4.69, 9.17) is 5.11 Å². The Kier molecular flexibility index (Phi) is 4.14. The first-order valence-corrected chi connectivity index (χ1v) is 6.17. The second kappa shape index (κ2) is 6.01. The lowest BCUT2D eigenvalue weighted by Crippen LogP contribution is -2.14. The van der Waals surface area contributed by atoms with Crippen LogP contribution in [-0.4, -0.2) is 26.8 Å². The quantitative estimate of drug-likeness (QED) is 0.871. The van der Waals surface area contributed by atoms with Gasteiger partial charge in [-0.25, -0.2) is 4.79 Å². The molecule has 0 bridgehead atoms. The lowest BCUT2D eigenvalue weighted by Gasteiger charge is -2.05. The first-order chi connectivity index (χ1) is 9.54. The number of nitrogens with zero attached hydrogens (tertiary/aromatic N) is 2. The molecule has 0 aliphatic rings. The van der Waals surface area contributed by atoms with E-state index in [2.05, 4.69) is 10.4 Å². The minimum absolute atomic E-state index is 0.138. The van der Waals surface area contributed by atoms with Crippen molar-refractivity contribution in [3.63, 3.8) is 0 Å². The van der Waals surface area contributed by atoms with E-state index in [1.165, 1.54) is 12.1 Å². The van der Waals surface area contributed by atoms with Crippen molar-refractivity contribution in [2.75, 3.05) is 5.32 Å². The minimum atomic E-state index is -0.989. The molecule has 0 aliphatic carbocycles. The van der Waals surface area contributed by atoms with E-state index >= 15 is 0 Å². The molecule has 1 aromatic carbocycles. The predicted molar refractivity (Wildman–Crippen MR) is 73.6 cm³/mol. The number of carboxylic acid groups (broad SMARTS) is 1. The average Bonchev–Trinajstić information content (AvgIpc) is 2.83. The van der Waals surface area contributed by atoms with Crippen LogP contribution >= 0.6 is 0 Å². The van der Waals surface area contributed by atoms with Gasteiger partial charge in [-0.3, -0.25) is 9.48 Å². The van der Waals surface area contributed by atoms with Crippen LogP contribution in [0.1, 0.15) is 22.3 Å². The van der Waals surface area contributed by atoms with Crippen molar-refractivity contribution >= 4 is 17.6 Å². The van der Waals surface area contributed by atoms with Gasteiger partial charge in [0.1, 0.15) is 0 Å². The van der Waals surface area contributed by atoms with E-state index in [0.29, 0.717) is 18.7 Å². The van der Waals surface area contributed by atoms with Gasteiger partial charge in [-0.15, -0.1) is 0 Å². The molecule has 0 saturated heterocycles. The summed E-state index contributed by atoms with van der Waals surface area (Å²) in [5, 5.41) is 15.6. The largest absolute Gasteiger partial charge is 0.478 e. The van der Waals surface area contributed by atoms with Gasteiger partial charge in [-0.05, 0) is 36.8 Å². The van der Waals surface area contributed by atoms with Gasteiger partial charge in [-0.1, -0.05) is 0 Å². The van der Waals surface area contributed by atoms with Crippen LogP contribution in [0, 0.1) is 6.92 Å². The highest BCUT2D eigenvalue weighted by Gasteiger charge is 2.05. The van der Waals surface area contributed by atoms with Crippen LogP contribution in [0.3, 0.4) is 0 Å². The zero-order valence-corrected chi connectivity index (χ0v) is 11.0. The third-order valence-corrected chi connectivity index (χ3v) is 2.75. The highest BCUT2D eigenvalue weighted by molar-refractivity contribution is 5.92. The number of benzene rings is 1. The van der Waals surface area contributed by atoms with Crippen molar-refractivity contribution in [1.82, 2.24) is 9.78 Å². The molecule has 0 unspecified atom stereocenters. The molecule has 0 radical (unpaired) electrons. The Morgan fingerprint density at radius 1 is 1.30 bits per heavy atom. The lowest BCUT2D eigenvalue weighted by atomic mass is 10.2. The summed E-state index contributed by atoms with van der Waals surface area (Å²) in [6.45, 7) is 2.44. The van der Waals surface area contributed by atoms with Crippen molar-refractivity contribution in [3.8, 4) is 0 Å².